The molecule has 80 valence electrons. The summed E-state index contributed by atoms with van der Waals surface area (Å²) in [6.45, 7) is -0.743. The molecule has 0 bridgehead atoms. The lowest BCUT2D eigenvalue weighted by molar-refractivity contribution is -0.140. The Morgan fingerprint density at radius 2 is 2.07 bits per heavy atom. The third-order valence-electron chi connectivity index (χ3n) is 1.27. The number of nitrogens with two attached hydrogens (primary N) is 1. The Balaban J connectivity index is 3.86. The van der Waals surface area contributed by atoms with Gasteiger partial charge in [0.25, 0.3) is 0 Å². The summed E-state index contributed by atoms with van der Waals surface area (Å²) in [4.78, 5) is 21.2. The Bertz CT molecular complexity index is 242. The fraction of sp³-hybridized carbons (Fsp3) is 0.667. The molecule has 0 radical (unpaired) electrons. The molecule has 0 aromatic heterocycles. The van der Waals surface area contributed by atoms with Crippen LogP contribution in [-0.4, -0.2) is 41.0 Å². The number of aliphatic hydroxyl groups excluding tert-OH is 1. The highest BCUT2D eigenvalue weighted by molar-refractivity contribution is 7.40. The molecule has 7 nitrogen and oxygen atoms in total. The lowest BCUT2D eigenvalue weighted by Gasteiger charge is -2.00. The van der Waals surface area contributed by atoms with E-state index in [-0.39, 0.29) is 0 Å². The van der Waals surface area contributed by atoms with E-state index >= 15 is 0 Å². The van der Waals surface area contributed by atoms with E-state index in [9.17, 15) is 14.2 Å². The van der Waals surface area contributed by atoms with Gasteiger partial charge in [0.15, 0.2) is 12.6 Å². The van der Waals surface area contributed by atoms with Gasteiger partial charge in [-0.25, -0.2) is 0 Å². The van der Waals surface area contributed by atoms with Crippen molar-refractivity contribution in [2.24, 2.45) is 5.73 Å². The predicted molar refractivity (Wildman–Crippen MR) is 45.9 cm³/mol. The van der Waals surface area contributed by atoms with Crippen LogP contribution >= 0.6 is 8.03 Å². The molecule has 0 spiro atoms. The van der Waals surface area contributed by atoms with E-state index in [0.29, 0.717) is 0 Å². The average molecular weight is 224 g/mol. The SMILES string of the molecule is NC(CC(=O)C[P+](=O)OCO)C(=O)O. The van der Waals surface area contributed by atoms with Gasteiger partial charge in [-0.1, -0.05) is 0 Å². The largest absolute Gasteiger partial charge is 0.518 e. The van der Waals surface area contributed by atoms with Crippen molar-refractivity contribution in [1.82, 2.24) is 0 Å². The van der Waals surface area contributed by atoms with Crippen LogP contribution in [0.15, 0.2) is 0 Å². The van der Waals surface area contributed by atoms with Crippen LogP contribution in [0.5, 0.6) is 0 Å². The van der Waals surface area contributed by atoms with E-state index in [1.54, 1.807) is 0 Å². The second-order valence-corrected chi connectivity index (χ2v) is 3.68. The Morgan fingerprint density at radius 1 is 1.50 bits per heavy atom. The van der Waals surface area contributed by atoms with Crippen molar-refractivity contribution < 1.29 is 28.9 Å². The lowest BCUT2D eigenvalue weighted by Crippen LogP contribution is -2.33. The predicted octanol–water partition coefficient (Wildman–Crippen LogP) is -0.934. The summed E-state index contributed by atoms with van der Waals surface area (Å²) in [5.41, 5.74) is 5.06. The molecule has 2 atom stereocenters. The number of Topliss-reactive ketones (excluding diaryl/α,β-unsaturated/α-hetero) is 1. The second-order valence-electron chi connectivity index (χ2n) is 2.44. The molecule has 0 amide bonds. The molecule has 0 aliphatic heterocycles. The number of carboxylic acid groups (broad SMARTS) is 1. The molecule has 0 aromatic rings. The van der Waals surface area contributed by atoms with E-state index in [4.69, 9.17) is 15.9 Å². The Hall–Kier alpha value is -0.880. The highest BCUT2D eigenvalue weighted by atomic mass is 31.1. The number of carbonyl (C=O) groups excluding carboxylic acids is 1. The molecule has 0 saturated heterocycles. The maximum atomic E-state index is 11.0. The maximum absolute atomic E-state index is 11.0. The highest BCUT2D eigenvalue weighted by Crippen LogP contribution is 2.21. The van der Waals surface area contributed by atoms with E-state index in [0.717, 1.165) is 0 Å². The van der Waals surface area contributed by atoms with Crippen LogP contribution in [-0.2, 0) is 18.7 Å². The summed E-state index contributed by atoms with van der Waals surface area (Å²) in [7, 11) is -2.27. The second kappa shape index (κ2) is 6.56. The van der Waals surface area contributed by atoms with Crippen molar-refractivity contribution in [3.05, 3.63) is 0 Å². The van der Waals surface area contributed by atoms with Crippen molar-refractivity contribution >= 4 is 19.8 Å². The van der Waals surface area contributed by atoms with Gasteiger partial charge in [0.2, 0.25) is 6.16 Å². The first-order chi connectivity index (χ1) is 6.47. The normalized spacial score (nSPS) is 13.4. The van der Waals surface area contributed by atoms with Crippen LogP contribution in [0, 0.1) is 0 Å². The number of rotatable bonds is 7. The Labute approximate surface area is 80.7 Å². The summed E-state index contributed by atoms with van der Waals surface area (Å²) < 4.78 is 15.0. The fourth-order valence-corrected chi connectivity index (χ4v) is 1.29. The maximum Gasteiger partial charge on any atom is 0.518 e. The standard InChI is InChI=1S/C6H10NO6P/c7-5(6(10)11)1-4(9)2-14(12)13-3-8/h5,8H,1-3,7H2/p+1. The molecule has 4 N–H and O–H groups in total. The summed E-state index contributed by atoms with van der Waals surface area (Å²) >= 11 is 0. The molecule has 8 heteroatoms. The Kier molecular flexibility index (Phi) is 6.14. The molecule has 0 saturated carbocycles. The van der Waals surface area contributed by atoms with Gasteiger partial charge in [0, 0.05) is 6.42 Å². The number of aliphatic carboxylic acids is 1. The summed E-state index contributed by atoms with van der Waals surface area (Å²) in [5, 5.41) is 16.5. The van der Waals surface area contributed by atoms with E-state index in [1.165, 1.54) is 0 Å². The first-order valence-corrected chi connectivity index (χ1v) is 5.02. The highest BCUT2D eigenvalue weighted by Gasteiger charge is 2.26. The first kappa shape index (κ1) is 13.1. The number of ketones is 1. The molecule has 0 heterocycles. The van der Waals surface area contributed by atoms with Gasteiger partial charge in [-0.15, -0.1) is 4.52 Å². The smallest absolute Gasteiger partial charge is 0.480 e. The minimum atomic E-state index is -2.27. The van der Waals surface area contributed by atoms with Crippen molar-refractivity contribution in [2.45, 2.75) is 12.5 Å². The number of carboxylic acids is 1. The van der Waals surface area contributed by atoms with Gasteiger partial charge < -0.3 is 15.9 Å². The van der Waals surface area contributed by atoms with Crippen LogP contribution in [0.25, 0.3) is 0 Å². The summed E-state index contributed by atoms with van der Waals surface area (Å²) in [5.74, 6) is -1.87. The molecule has 0 aromatic carbocycles. The van der Waals surface area contributed by atoms with Crippen molar-refractivity contribution in [1.29, 1.82) is 0 Å². The van der Waals surface area contributed by atoms with Crippen LogP contribution in [0.3, 0.4) is 0 Å². The van der Waals surface area contributed by atoms with E-state index in [2.05, 4.69) is 4.52 Å². The minimum absolute atomic E-state index is 0.398. The van der Waals surface area contributed by atoms with Crippen molar-refractivity contribution in [3.63, 3.8) is 0 Å². The topological polar surface area (TPSA) is 127 Å². The molecule has 2 unspecified atom stereocenters. The van der Waals surface area contributed by atoms with Gasteiger partial charge in [-0.2, -0.15) is 0 Å². The van der Waals surface area contributed by atoms with E-state index < -0.39 is 45.2 Å². The average Bonchev–Trinajstić information content (AvgIpc) is 2.03. The number of hydrogen-bond acceptors (Lipinski definition) is 6. The molecule has 0 aliphatic carbocycles. The summed E-state index contributed by atoms with van der Waals surface area (Å²) in [6, 6.07) is -1.29. The number of carbonyl (C=O) groups is 2. The Morgan fingerprint density at radius 3 is 2.50 bits per heavy atom. The third kappa shape index (κ3) is 5.71. The molecular formula is C6H11NO6P+. The zero-order chi connectivity index (χ0) is 11.1. The van der Waals surface area contributed by atoms with E-state index in [1.807, 2.05) is 0 Å². The van der Waals surface area contributed by atoms with Gasteiger partial charge in [0.05, 0.1) is 0 Å². The first-order valence-electron chi connectivity index (χ1n) is 3.66. The minimum Gasteiger partial charge on any atom is -0.480 e. The molecule has 14 heavy (non-hydrogen) atoms. The van der Waals surface area contributed by atoms with Gasteiger partial charge >= 0.3 is 14.0 Å². The van der Waals surface area contributed by atoms with Crippen LogP contribution in [0.1, 0.15) is 6.42 Å². The van der Waals surface area contributed by atoms with Gasteiger partial charge in [-0.3, -0.25) is 9.59 Å². The fourth-order valence-electron chi connectivity index (χ4n) is 0.651. The molecule has 0 fully saturated rings. The molecule has 0 rings (SSSR count). The molecule has 0 aliphatic rings. The van der Waals surface area contributed by atoms with Crippen molar-refractivity contribution in [2.75, 3.05) is 13.0 Å². The van der Waals surface area contributed by atoms with Crippen LogP contribution in [0.4, 0.5) is 0 Å². The lowest BCUT2D eigenvalue weighted by atomic mass is 10.2. The number of aliphatic hydroxyl groups is 1. The third-order valence-corrected chi connectivity index (χ3v) is 2.29. The van der Waals surface area contributed by atoms with Crippen molar-refractivity contribution in [3.8, 4) is 0 Å². The van der Waals surface area contributed by atoms with Gasteiger partial charge in [0.1, 0.15) is 6.04 Å². The monoisotopic (exact) mass is 224 g/mol. The quantitative estimate of drug-likeness (QED) is 0.376. The number of hydrogen-bond donors (Lipinski definition) is 3. The zero-order valence-corrected chi connectivity index (χ0v) is 8.15. The zero-order valence-electron chi connectivity index (χ0n) is 7.25. The van der Waals surface area contributed by atoms with Crippen LogP contribution < -0.4 is 5.73 Å². The van der Waals surface area contributed by atoms with Gasteiger partial charge in [-0.05, 0) is 4.57 Å². The molecular weight excluding hydrogens is 213 g/mol. The summed E-state index contributed by atoms with van der Waals surface area (Å²) in [6.07, 6.45) is -0.831. The van der Waals surface area contributed by atoms with Crippen LogP contribution in [0.2, 0.25) is 0 Å².